The van der Waals surface area contributed by atoms with E-state index in [2.05, 4.69) is 10.3 Å². The van der Waals surface area contributed by atoms with Gasteiger partial charge >= 0.3 is 0 Å². The first-order valence-corrected chi connectivity index (χ1v) is 9.32. The summed E-state index contributed by atoms with van der Waals surface area (Å²) in [7, 11) is 0. The molecule has 134 valence electrons. The predicted octanol–water partition coefficient (Wildman–Crippen LogP) is 3.48. The van der Waals surface area contributed by atoms with Crippen LogP contribution in [0.4, 0.5) is 5.82 Å². The summed E-state index contributed by atoms with van der Waals surface area (Å²) < 4.78 is 0. The number of likely N-dealkylation sites (tertiary alicyclic amines) is 1. The number of pyridine rings is 1. The summed E-state index contributed by atoms with van der Waals surface area (Å²) in [5.74, 6) is 0.253. The highest BCUT2D eigenvalue weighted by atomic mass is 16.2. The number of hydrogen-bond acceptors (Lipinski definition) is 3. The number of rotatable bonds is 4. The van der Waals surface area contributed by atoms with Gasteiger partial charge in [-0.3, -0.25) is 9.59 Å². The molecule has 5 nitrogen and oxygen atoms in total. The van der Waals surface area contributed by atoms with E-state index in [1.807, 2.05) is 47.4 Å². The van der Waals surface area contributed by atoms with E-state index in [4.69, 9.17) is 0 Å². The number of hydrogen-bond donors (Lipinski definition) is 1. The molecule has 1 saturated carbocycles. The molecule has 2 heterocycles. The smallest absolute Gasteiger partial charge is 0.230 e. The van der Waals surface area contributed by atoms with Gasteiger partial charge in [-0.15, -0.1) is 0 Å². The Morgan fingerprint density at radius 1 is 1.04 bits per heavy atom. The average Bonchev–Trinajstić information content (AvgIpc) is 3.32. The van der Waals surface area contributed by atoms with E-state index in [1.165, 1.54) is 12.8 Å². The fourth-order valence-corrected chi connectivity index (χ4v) is 3.97. The molecule has 5 heteroatoms. The van der Waals surface area contributed by atoms with Gasteiger partial charge in [-0.1, -0.05) is 43.2 Å². The van der Waals surface area contributed by atoms with E-state index in [9.17, 15) is 9.59 Å². The molecule has 1 aromatic carbocycles. The molecule has 2 aromatic rings. The SMILES string of the molecule is O=C(Nc1ccc(-c2ccccc2)cn1)[C@@H]1CC(=O)N(C2CCCC2)C1. The summed E-state index contributed by atoms with van der Waals surface area (Å²) >= 11 is 0. The van der Waals surface area contributed by atoms with Gasteiger partial charge in [0.05, 0.1) is 5.92 Å². The van der Waals surface area contributed by atoms with Gasteiger partial charge in [0.2, 0.25) is 11.8 Å². The van der Waals surface area contributed by atoms with E-state index in [0.29, 0.717) is 24.8 Å². The van der Waals surface area contributed by atoms with Gasteiger partial charge in [-0.2, -0.15) is 0 Å². The Labute approximate surface area is 153 Å². The van der Waals surface area contributed by atoms with Gasteiger partial charge in [0.15, 0.2) is 0 Å². The molecule has 1 N–H and O–H groups in total. The molecule has 1 atom stereocenters. The molecule has 1 aliphatic heterocycles. The molecule has 2 aliphatic rings. The van der Waals surface area contributed by atoms with Crippen LogP contribution >= 0.6 is 0 Å². The molecule has 2 amide bonds. The first-order valence-electron chi connectivity index (χ1n) is 9.32. The van der Waals surface area contributed by atoms with E-state index < -0.39 is 0 Å². The molecule has 0 spiro atoms. The zero-order valence-electron chi connectivity index (χ0n) is 14.7. The topological polar surface area (TPSA) is 62.3 Å². The molecule has 1 aliphatic carbocycles. The molecular weight excluding hydrogens is 326 g/mol. The monoisotopic (exact) mass is 349 g/mol. The molecule has 26 heavy (non-hydrogen) atoms. The van der Waals surface area contributed by atoms with E-state index in [-0.39, 0.29) is 17.7 Å². The summed E-state index contributed by atoms with van der Waals surface area (Å²) in [4.78, 5) is 31.1. The van der Waals surface area contributed by atoms with Crippen molar-refractivity contribution in [3.05, 3.63) is 48.7 Å². The van der Waals surface area contributed by atoms with E-state index >= 15 is 0 Å². The van der Waals surface area contributed by atoms with Crippen LogP contribution in [-0.4, -0.2) is 34.3 Å². The Kier molecular flexibility index (Phi) is 4.69. The Morgan fingerprint density at radius 3 is 2.50 bits per heavy atom. The van der Waals surface area contributed by atoms with Crippen molar-refractivity contribution in [3.63, 3.8) is 0 Å². The first kappa shape index (κ1) is 16.8. The highest BCUT2D eigenvalue weighted by Gasteiger charge is 2.38. The highest BCUT2D eigenvalue weighted by Crippen LogP contribution is 2.30. The number of nitrogens with zero attached hydrogens (tertiary/aromatic N) is 2. The summed E-state index contributed by atoms with van der Waals surface area (Å²) in [5.41, 5.74) is 2.10. The van der Waals surface area contributed by atoms with Crippen LogP contribution in [-0.2, 0) is 9.59 Å². The molecule has 1 aromatic heterocycles. The molecule has 1 saturated heterocycles. The third kappa shape index (κ3) is 3.47. The number of amides is 2. The Hall–Kier alpha value is -2.69. The lowest BCUT2D eigenvalue weighted by atomic mass is 10.1. The number of nitrogens with one attached hydrogen (secondary N) is 1. The highest BCUT2D eigenvalue weighted by molar-refractivity contribution is 5.96. The van der Waals surface area contributed by atoms with E-state index in [0.717, 1.165) is 24.0 Å². The maximum atomic E-state index is 12.5. The van der Waals surface area contributed by atoms with Crippen molar-refractivity contribution in [2.45, 2.75) is 38.1 Å². The fraction of sp³-hybridized carbons (Fsp3) is 0.381. The maximum absolute atomic E-state index is 12.5. The minimum absolute atomic E-state index is 0.112. The number of carbonyl (C=O) groups excluding carboxylic acids is 2. The van der Waals surface area contributed by atoms with Gasteiger partial charge in [0.1, 0.15) is 5.82 Å². The summed E-state index contributed by atoms with van der Waals surface area (Å²) in [6.45, 7) is 0.539. The van der Waals surface area contributed by atoms with Crippen LogP contribution in [0.3, 0.4) is 0 Å². The lowest BCUT2D eigenvalue weighted by molar-refractivity contribution is -0.129. The number of aromatic nitrogens is 1. The Morgan fingerprint density at radius 2 is 1.81 bits per heavy atom. The predicted molar refractivity (Wildman–Crippen MR) is 100 cm³/mol. The van der Waals surface area contributed by atoms with Crippen LogP contribution in [0.25, 0.3) is 11.1 Å². The zero-order chi connectivity index (χ0) is 17.9. The lowest BCUT2D eigenvalue weighted by Crippen LogP contribution is -2.35. The molecule has 0 bridgehead atoms. The first-order chi connectivity index (χ1) is 12.7. The number of benzene rings is 1. The van der Waals surface area contributed by atoms with Crippen molar-refractivity contribution >= 4 is 17.6 Å². The van der Waals surface area contributed by atoms with Crippen molar-refractivity contribution < 1.29 is 9.59 Å². The largest absolute Gasteiger partial charge is 0.339 e. The van der Waals surface area contributed by atoms with Crippen LogP contribution in [0.15, 0.2) is 48.7 Å². The van der Waals surface area contributed by atoms with Crippen LogP contribution in [0.1, 0.15) is 32.1 Å². The van der Waals surface area contributed by atoms with Gasteiger partial charge < -0.3 is 10.2 Å². The van der Waals surface area contributed by atoms with Crippen molar-refractivity contribution in [1.82, 2.24) is 9.88 Å². The Balaban J connectivity index is 1.38. The lowest BCUT2D eigenvalue weighted by Gasteiger charge is -2.23. The third-order valence-corrected chi connectivity index (χ3v) is 5.42. The molecule has 2 fully saturated rings. The Bertz CT molecular complexity index is 783. The second-order valence-corrected chi connectivity index (χ2v) is 7.17. The van der Waals surface area contributed by atoms with Crippen LogP contribution in [0.2, 0.25) is 0 Å². The van der Waals surface area contributed by atoms with Gasteiger partial charge in [0, 0.05) is 30.8 Å². The minimum atomic E-state index is -0.279. The second kappa shape index (κ2) is 7.28. The third-order valence-electron chi connectivity index (χ3n) is 5.42. The minimum Gasteiger partial charge on any atom is -0.339 e. The van der Waals surface area contributed by atoms with Crippen LogP contribution < -0.4 is 5.32 Å². The van der Waals surface area contributed by atoms with Crippen LogP contribution in [0, 0.1) is 5.92 Å². The second-order valence-electron chi connectivity index (χ2n) is 7.17. The molecule has 4 rings (SSSR count). The van der Waals surface area contributed by atoms with Crippen molar-refractivity contribution in [1.29, 1.82) is 0 Å². The number of carbonyl (C=O) groups is 2. The zero-order valence-corrected chi connectivity index (χ0v) is 14.7. The molecule has 0 unspecified atom stereocenters. The van der Waals surface area contributed by atoms with Crippen molar-refractivity contribution in [2.24, 2.45) is 5.92 Å². The van der Waals surface area contributed by atoms with Crippen molar-refractivity contribution in [2.75, 3.05) is 11.9 Å². The van der Waals surface area contributed by atoms with Gasteiger partial charge in [0.25, 0.3) is 0 Å². The standard InChI is InChI=1S/C21H23N3O2/c25-20-12-17(14-24(20)18-8-4-5-9-18)21(26)23-19-11-10-16(13-22-19)15-6-2-1-3-7-15/h1-3,6-7,10-11,13,17-18H,4-5,8-9,12,14H2,(H,22,23,26)/t17-/m1/s1. The fourth-order valence-electron chi connectivity index (χ4n) is 3.97. The van der Waals surface area contributed by atoms with Crippen molar-refractivity contribution in [3.8, 4) is 11.1 Å². The molecular formula is C21H23N3O2. The maximum Gasteiger partial charge on any atom is 0.230 e. The molecule has 0 radical (unpaired) electrons. The summed E-state index contributed by atoms with van der Waals surface area (Å²) in [6.07, 6.45) is 6.58. The number of anilines is 1. The quantitative estimate of drug-likeness (QED) is 0.919. The normalized spacial score (nSPS) is 20.5. The van der Waals surface area contributed by atoms with Gasteiger partial charge in [-0.25, -0.2) is 4.98 Å². The summed E-state index contributed by atoms with van der Waals surface area (Å²) in [5, 5.41) is 2.87. The average molecular weight is 349 g/mol. The van der Waals surface area contributed by atoms with Crippen LogP contribution in [0.5, 0.6) is 0 Å². The van der Waals surface area contributed by atoms with E-state index in [1.54, 1.807) is 6.20 Å². The summed E-state index contributed by atoms with van der Waals surface area (Å²) in [6, 6.07) is 14.1. The van der Waals surface area contributed by atoms with Gasteiger partial charge in [-0.05, 0) is 30.5 Å².